The number of aromatic carboxylic acids is 1. The zero-order valence-electron chi connectivity index (χ0n) is 9.79. The second kappa shape index (κ2) is 5.22. The van der Waals surface area contributed by atoms with Crippen LogP contribution in [0, 0.1) is 6.92 Å². The van der Waals surface area contributed by atoms with Gasteiger partial charge < -0.3 is 10.4 Å². The number of rotatable bonds is 4. The highest BCUT2D eigenvalue weighted by Gasteiger charge is 2.06. The van der Waals surface area contributed by atoms with Crippen LogP contribution in [0.2, 0.25) is 0 Å². The Morgan fingerprint density at radius 2 is 2.17 bits per heavy atom. The van der Waals surface area contributed by atoms with E-state index >= 15 is 0 Å². The van der Waals surface area contributed by atoms with Crippen LogP contribution in [0.15, 0.2) is 30.9 Å². The molecule has 2 N–H and O–H groups in total. The average molecular weight is 244 g/mol. The minimum Gasteiger partial charge on any atom is -0.476 e. The van der Waals surface area contributed by atoms with Crippen molar-refractivity contribution in [2.45, 2.75) is 13.5 Å². The number of aromatic nitrogens is 3. The average Bonchev–Trinajstić information content (AvgIpc) is 2.38. The van der Waals surface area contributed by atoms with Crippen LogP contribution in [0.3, 0.4) is 0 Å². The normalized spacial score (nSPS) is 10.1. The van der Waals surface area contributed by atoms with Crippen LogP contribution in [0.1, 0.15) is 21.6 Å². The van der Waals surface area contributed by atoms with E-state index in [1.165, 1.54) is 12.4 Å². The van der Waals surface area contributed by atoms with Crippen molar-refractivity contribution in [1.29, 1.82) is 0 Å². The van der Waals surface area contributed by atoms with Gasteiger partial charge in [0.25, 0.3) is 0 Å². The predicted octanol–water partition coefficient (Wildman–Crippen LogP) is 1.49. The summed E-state index contributed by atoms with van der Waals surface area (Å²) in [6, 6.07) is 1.91. The number of anilines is 1. The highest BCUT2D eigenvalue weighted by Crippen LogP contribution is 2.08. The number of carboxylic acid groups (broad SMARTS) is 1. The topological polar surface area (TPSA) is 88.0 Å². The van der Waals surface area contributed by atoms with Gasteiger partial charge in [0.05, 0.1) is 12.4 Å². The Morgan fingerprint density at radius 3 is 2.89 bits per heavy atom. The van der Waals surface area contributed by atoms with Crippen molar-refractivity contribution < 1.29 is 9.90 Å². The van der Waals surface area contributed by atoms with Crippen LogP contribution in [0.4, 0.5) is 5.82 Å². The molecule has 2 aromatic rings. The first kappa shape index (κ1) is 12.0. The molecule has 0 atom stereocenters. The van der Waals surface area contributed by atoms with Gasteiger partial charge >= 0.3 is 5.97 Å². The van der Waals surface area contributed by atoms with Gasteiger partial charge in [0.2, 0.25) is 0 Å². The van der Waals surface area contributed by atoms with Gasteiger partial charge in [-0.15, -0.1) is 0 Å². The molecule has 6 nitrogen and oxygen atoms in total. The number of hydrogen-bond acceptors (Lipinski definition) is 5. The molecule has 2 heterocycles. The SMILES string of the molecule is Cc1ccncc1CNc1cncc(C(=O)O)n1. The molecule has 0 unspecified atom stereocenters. The van der Waals surface area contributed by atoms with Crippen molar-refractivity contribution in [3.63, 3.8) is 0 Å². The van der Waals surface area contributed by atoms with Crippen LogP contribution in [-0.4, -0.2) is 26.0 Å². The van der Waals surface area contributed by atoms with Gasteiger partial charge in [-0.25, -0.2) is 9.78 Å². The fourth-order valence-corrected chi connectivity index (χ4v) is 1.42. The Morgan fingerprint density at radius 1 is 1.33 bits per heavy atom. The first-order valence-electron chi connectivity index (χ1n) is 5.35. The largest absolute Gasteiger partial charge is 0.476 e. The smallest absolute Gasteiger partial charge is 0.356 e. The van der Waals surface area contributed by atoms with Crippen LogP contribution in [-0.2, 0) is 6.54 Å². The maximum Gasteiger partial charge on any atom is 0.356 e. The van der Waals surface area contributed by atoms with Crippen molar-refractivity contribution in [3.05, 3.63) is 47.7 Å². The minimum atomic E-state index is -1.09. The number of carboxylic acids is 1. The highest BCUT2D eigenvalue weighted by atomic mass is 16.4. The van der Waals surface area contributed by atoms with E-state index in [1.54, 1.807) is 12.4 Å². The van der Waals surface area contributed by atoms with Crippen LogP contribution in [0.25, 0.3) is 0 Å². The molecule has 6 heteroatoms. The lowest BCUT2D eigenvalue weighted by atomic mass is 10.2. The van der Waals surface area contributed by atoms with Crippen molar-refractivity contribution in [2.75, 3.05) is 5.32 Å². The molecule has 0 amide bonds. The number of nitrogens with zero attached hydrogens (tertiary/aromatic N) is 3. The van der Waals surface area contributed by atoms with Crippen LogP contribution in [0.5, 0.6) is 0 Å². The van der Waals surface area contributed by atoms with E-state index in [2.05, 4.69) is 20.3 Å². The molecule has 92 valence electrons. The Kier molecular flexibility index (Phi) is 3.47. The summed E-state index contributed by atoms with van der Waals surface area (Å²) in [5, 5.41) is 11.8. The molecule has 2 aromatic heterocycles. The van der Waals surface area contributed by atoms with E-state index in [1.807, 2.05) is 13.0 Å². The van der Waals surface area contributed by atoms with E-state index in [0.29, 0.717) is 12.4 Å². The molecule has 0 fully saturated rings. The molecule has 2 rings (SSSR count). The molecule has 0 bridgehead atoms. The van der Waals surface area contributed by atoms with E-state index in [4.69, 9.17) is 5.11 Å². The molecule has 0 aliphatic heterocycles. The highest BCUT2D eigenvalue weighted by molar-refractivity contribution is 5.85. The summed E-state index contributed by atoms with van der Waals surface area (Å²) in [5.41, 5.74) is 2.06. The van der Waals surface area contributed by atoms with Gasteiger partial charge in [0.15, 0.2) is 5.69 Å². The summed E-state index contributed by atoms with van der Waals surface area (Å²) >= 11 is 0. The molecular weight excluding hydrogens is 232 g/mol. The fraction of sp³-hybridized carbons (Fsp3) is 0.167. The second-order valence-electron chi connectivity index (χ2n) is 3.75. The van der Waals surface area contributed by atoms with Gasteiger partial charge in [-0.05, 0) is 24.1 Å². The number of carbonyl (C=O) groups is 1. The van der Waals surface area contributed by atoms with E-state index in [-0.39, 0.29) is 5.69 Å². The first-order chi connectivity index (χ1) is 8.66. The summed E-state index contributed by atoms with van der Waals surface area (Å²) < 4.78 is 0. The molecule has 0 saturated carbocycles. The van der Waals surface area contributed by atoms with E-state index < -0.39 is 5.97 Å². The lowest BCUT2D eigenvalue weighted by Gasteiger charge is -2.07. The Bertz CT molecular complexity index is 572. The Labute approximate surface area is 104 Å². The lowest BCUT2D eigenvalue weighted by molar-refractivity contribution is 0.0690. The lowest BCUT2D eigenvalue weighted by Crippen LogP contribution is -2.07. The van der Waals surface area contributed by atoms with Gasteiger partial charge in [0.1, 0.15) is 5.82 Å². The van der Waals surface area contributed by atoms with Crippen molar-refractivity contribution >= 4 is 11.8 Å². The maximum atomic E-state index is 10.7. The second-order valence-corrected chi connectivity index (χ2v) is 3.75. The quantitative estimate of drug-likeness (QED) is 0.847. The molecule has 18 heavy (non-hydrogen) atoms. The van der Waals surface area contributed by atoms with Crippen molar-refractivity contribution in [1.82, 2.24) is 15.0 Å². The molecule has 0 aliphatic rings. The zero-order chi connectivity index (χ0) is 13.0. The summed E-state index contributed by atoms with van der Waals surface area (Å²) in [6.45, 7) is 2.51. The summed E-state index contributed by atoms with van der Waals surface area (Å²) in [4.78, 5) is 22.5. The van der Waals surface area contributed by atoms with Gasteiger partial charge in [-0.3, -0.25) is 9.97 Å². The third-order valence-corrected chi connectivity index (χ3v) is 2.46. The van der Waals surface area contributed by atoms with Gasteiger partial charge in [-0.1, -0.05) is 0 Å². The summed E-state index contributed by atoms with van der Waals surface area (Å²) in [7, 11) is 0. The van der Waals surface area contributed by atoms with Gasteiger partial charge in [0, 0.05) is 18.9 Å². The molecule has 0 radical (unpaired) electrons. The van der Waals surface area contributed by atoms with E-state index in [9.17, 15) is 4.79 Å². The molecule has 0 spiro atoms. The molecular formula is C12H12N4O2. The number of nitrogens with one attached hydrogen (secondary N) is 1. The Balaban J connectivity index is 2.09. The summed E-state index contributed by atoms with van der Waals surface area (Å²) in [5.74, 6) is -0.665. The number of pyridine rings is 1. The van der Waals surface area contributed by atoms with Gasteiger partial charge in [-0.2, -0.15) is 0 Å². The number of hydrogen-bond donors (Lipinski definition) is 2. The van der Waals surface area contributed by atoms with Crippen molar-refractivity contribution in [2.24, 2.45) is 0 Å². The maximum absolute atomic E-state index is 10.7. The molecule has 0 aliphatic carbocycles. The zero-order valence-corrected chi connectivity index (χ0v) is 9.79. The molecule has 0 saturated heterocycles. The van der Waals surface area contributed by atoms with Crippen LogP contribution < -0.4 is 5.32 Å². The monoisotopic (exact) mass is 244 g/mol. The summed E-state index contributed by atoms with van der Waals surface area (Å²) in [6.07, 6.45) is 6.18. The predicted molar refractivity (Wildman–Crippen MR) is 65.3 cm³/mol. The van der Waals surface area contributed by atoms with E-state index in [0.717, 1.165) is 11.1 Å². The minimum absolute atomic E-state index is 0.0806. The molecule has 0 aromatic carbocycles. The van der Waals surface area contributed by atoms with Crippen molar-refractivity contribution in [3.8, 4) is 0 Å². The first-order valence-corrected chi connectivity index (χ1v) is 5.35. The number of aryl methyl sites for hydroxylation is 1. The fourth-order valence-electron chi connectivity index (χ4n) is 1.42. The third-order valence-electron chi connectivity index (χ3n) is 2.46. The Hall–Kier alpha value is -2.50. The van der Waals surface area contributed by atoms with Crippen LogP contribution >= 0.6 is 0 Å². The third kappa shape index (κ3) is 2.79. The standard InChI is InChI=1S/C12H12N4O2/c1-8-2-3-13-4-9(8)5-15-11-7-14-6-10(16-11)12(17)18/h2-4,6-7H,5H2,1H3,(H,15,16)(H,17,18).